The van der Waals surface area contributed by atoms with Crippen molar-refractivity contribution in [2.75, 3.05) is 13.2 Å². The molecule has 0 bridgehead atoms. The Morgan fingerprint density at radius 2 is 2.06 bits per heavy atom. The minimum Gasteiger partial charge on any atom is -0.457 e. The monoisotopic (exact) mass is 494 g/mol. The molecule has 0 radical (unpaired) electrons. The summed E-state index contributed by atoms with van der Waals surface area (Å²) in [6, 6.07) is 5.94. The van der Waals surface area contributed by atoms with Gasteiger partial charge in [-0.05, 0) is 75.5 Å². The number of benzene rings is 1. The summed E-state index contributed by atoms with van der Waals surface area (Å²) in [7, 11) is 0. The molecule has 6 atom stereocenters. The van der Waals surface area contributed by atoms with Gasteiger partial charge < -0.3 is 19.3 Å². The highest BCUT2D eigenvalue weighted by Gasteiger charge is 2.45. The first-order chi connectivity index (χ1) is 17.1. The van der Waals surface area contributed by atoms with E-state index >= 15 is 0 Å². The number of cyclic esters (lactones) is 1. The van der Waals surface area contributed by atoms with Gasteiger partial charge in [0.05, 0.1) is 36.1 Å². The van der Waals surface area contributed by atoms with E-state index in [-0.39, 0.29) is 29.9 Å². The predicted molar refractivity (Wildman–Crippen MR) is 143 cm³/mol. The highest BCUT2D eigenvalue weighted by Crippen LogP contribution is 2.40. The molecule has 5 heteroatoms. The first kappa shape index (κ1) is 26.8. The number of esters is 1. The zero-order chi connectivity index (χ0) is 25.9. The molecule has 196 valence electrons. The van der Waals surface area contributed by atoms with Gasteiger partial charge in [-0.2, -0.15) is 0 Å². The van der Waals surface area contributed by atoms with Crippen LogP contribution < -0.4 is 0 Å². The van der Waals surface area contributed by atoms with Gasteiger partial charge in [0, 0.05) is 6.42 Å². The third-order valence-corrected chi connectivity index (χ3v) is 7.87. The SMILES string of the molecule is C/C(=C\CC1C[C@@H](O)CC2(CO[C@H](C)[C@@H](C)C2)O1)C[C@@H](C)/C=C/C=C1\COC(=O)c2cc(C)ccc21. The molecule has 1 spiro atoms. The van der Waals surface area contributed by atoms with E-state index in [1.165, 1.54) is 5.57 Å². The number of aryl methyl sites for hydroxylation is 1. The normalized spacial score (nSPS) is 33.1. The fourth-order valence-electron chi connectivity index (χ4n) is 5.79. The summed E-state index contributed by atoms with van der Waals surface area (Å²) in [4.78, 5) is 12.1. The van der Waals surface area contributed by atoms with E-state index in [9.17, 15) is 9.90 Å². The van der Waals surface area contributed by atoms with E-state index < -0.39 is 0 Å². The molecule has 5 nitrogen and oxygen atoms in total. The van der Waals surface area contributed by atoms with Crippen molar-refractivity contribution in [3.63, 3.8) is 0 Å². The Labute approximate surface area is 216 Å². The first-order valence-electron chi connectivity index (χ1n) is 13.4. The largest absolute Gasteiger partial charge is 0.457 e. The Kier molecular flexibility index (Phi) is 8.54. The van der Waals surface area contributed by atoms with Gasteiger partial charge in [-0.3, -0.25) is 0 Å². The van der Waals surface area contributed by atoms with Crippen LogP contribution in [-0.4, -0.2) is 48.2 Å². The zero-order valence-electron chi connectivity index (χ0n) is 22.5. The fourth-order valence-corrected chi connectivity index (χ4v) is 5.79. The Bertz CT molecular complexity index is 1040. The molecule has 2 saturated heterocycles. The lowest BCUT2D eigenvalue weighted by Crippen LogP contribution is -2.54. The van der Waals surface area contributed by atoms with Gasteiger partial charge in [0.2, 0.25) is 0 Å². The number of aliphatic hydroxyl groups excluding tert-OH is 1. The number of rotatable bonds is 6. The van der Waals surface area contributed by atoms with Crippen LogP contribution in [0.3, 0.4) is 0 Å². The molecule has 3 aliphatic heterocycles. The molecule has 3 aliphatic rings. The number of hydrogen-bond donors (Lipinski definition) is 1. The molecule has 0 aliphatic carbocycles. The summed E-state index contributed by atoms with van der Waals surface area (Å²) in [6.45, 7) is 11.6. The van der Waals surface area contributed by atoms with Crippen LogP contribution in [0.25, 0.3) is 5.57 Å². The quantitative estimate of drug-likeness (QED) is 0.377. The maximum absolute atomic E-state index is 12.1. The first-order valence-corrected chi connectivity index (χ1v) is 13.4. The van der Waals surface area contributed by atoms with Crippen molar-refractivity contribution in [1.82, 2.24) is 0 Å². The highest BCUT2D eigenvalue weighted by atomic mass is 16.6. The predicted octanol–water partition coefficient (Wildman–Crippen LogP) is 6.19. The zero-order valence-corrected chi connectivity index (χ0v) is 22.5. The molecule has 3 heterocycles. The number of carbonyl (C=O) groups excluding carboxylic acids is 1. The number of fused-ring (bicyclic) bond motifs is 1. The molecule has 1 N–H and O–H groups in total. The minimum atomic E-state index is -0.343. The molecule has 1 aromatic rings. The molecule has 4 rings (SSSR count). The van der Waals surface area contributed by atoms with E-state index in [4.69, 9.17) is 14.2 Å². The van der Waals surface area contributed by atoms with Crippen molar-refractivity contribution in [3.8, 4) is 0 Å². The van der Waals surface area contributed by atoms with Gasteiger partial charge in [0.15, 0.2) is 0 Å². The molecule has 2 unspecified atom stereocenters. The molecule has 0 amide bonds. The van der Waals surface area contributed by atoms with Crippen LogP contribution >= 0.6 is 0 Å². The second kappa shape index (κ2) is 11.5. The van der Waals surface area contributed by atoms with Gasteiger partial charge in [0.25, 0.3) is 0 Å². The summed E-state index contributed by atoms with van der Waals surface area (Å²) in [6.07, 6.45) is 12.6. The Balaban J connectivity index is 1.31. The number of ether oxygens (including phenoxy) is 3. The smallest absolute Gasteiger partial charge is 0.339 e. The maximum atomic E-state index is 12.1. The lowest BCUT2D eigenvalue weighted by molar-refractivity contribution is -0.227. The van der Waals surface area contributed by atoms with Crippen LogP contribution in [0.1, 0.15) is 81.3 Å². The number of carbonyl (C=O) groups is 1. The van der Waals surface area contributed by atoms with Gasteiger partial charge in [-0.25, -0.2) is 4.79 Å². The van der Waals surface area contributed by atoms with Gasteiger partial charge in [-0.1, -0.05) is 61.4 Å². The molecule has 36 heavy (non-hydrogen) atoms. The maximum Gasteiger partial charge on any atom is 0.339 e. The molecular weight excluding hydrogens is 452 g/mol. The summed E-state index contributed by atoms with van der Waals surface area (Å²) in [5.74, 6) is 0.562. The van der Waals surface area contributed by atoms with E-state index in [0.717, 1.165) is 36.0 Å². The Hall–Kier alpha value is -2.21. The highest BCUT2D eigenvalue weighted by molar-refractivity contribution is 5.99. The summed E-state index contributed by atoms with van der Waals surface area (Å²) < 4.78 is 17.9. The van der Waals surface area contributed by atoms with Crippen LogP contribution in [0.15, 0.2) is 48.1 Å². The third-order valence-electron chi connectivity index (χ3n) is 7.87. The summed E-state index contributed by atoms with van der Waals surface area (Å²) in [5, 5.41) is 10.6. The van der Waals surface area contributed by atoms with Crippen molar-refractivity contribution in [1.29, 1.82) is 0 Å². The second-order valence-electron chi connectivity index (χ2n) is 11.4. The molecule has 2 fully saturated rings. The van der Waals surface area contributed by atoms with Crippen molar-refractivity contribution in [2.24, 2.45) is 11.8 Å². The van der Waals surface area contributed by atoms with E-state index in [1.54, 1.807) is 0 Å². The molecular formula is C31H42O5. The van der Waals surface area contributed by atoms with Crippen molar-refractivity contribution in [3.05, 3.63) is 64.8 Å². The van der Waals surface area contributed by atoms with Crippen molar-refractivity contribution < 1.29 is 24.1 Å². The average molecular weight is 495 g/mol. The lowest BCUT2D eigenvalue weighted by Gasteiger charge is -2.48. The minimum absolute atomic E-state index is 0.0289. The fraction of sp³-hybridized carbons (Fsp3) is 0.581. The van der Waals surface area contributed by atoms with Crippen LogP contribution in [0, 0.1) is 18.8 Å². The average Bonchev–Trinajstić information content (AvgIpc) is 2.82. The summed E-state index contributed by atoms with van der Waals surface area (Å²) in [5.41, 5.74) is 4.67. The summed E-state index contributed by atoms with van der Waals surface area (Å²) >= 11 is 0. The Morgan fingerprint density at radius 3 is 2.83 bits per heavy atom. The van der Waals surface area contributed by atoms with Gasteiger partial charge >= 0.3 is 5.97 Å². The van der Waals surface area contributed by atoms with E-state index in [0.29, 0.717) is 43.5 Å². The van der Waals surface area contributed by atoms with Gasteiger partial charge in [0.1, 0.15) is 6.61 Å². The van der Waals surface area contributed by atoms with Crippen LogP contribution in [-0.2, 0) is 14.2 Å². The second-order valence-corrected chi connectivity index (χ2v) is 11.4. The van der Waals surface area contributed by atoms with Gasteiger partial charge in [-0.15, -0.1) is 0 Å². The van der Waals surface area contributed by atoms with Crippen LogP contribution in [0.4, 0.5) is 0 Å². The molecule has 0 aromatic heterocycles. The lowest BCUT2D eigenvalue weighted by atomic mass is 9.79. The Morgan fingerprint density at radius 1 is 1.25 bits per heavy atom. The van der Waals surface area contributed by atoms with E-state index in [2.05, 4.69) is 52.0 Å². The van der Waals surface area contributed by atoms with Crippen molar-refractivity contribution >= 4 is 11.5 Å². The number of aliphatic hydroxyl groups is 1. The third kappa shape index (κ3) is 6.56. The molecule has 0 saturated carbocycles. The van der Waals surface area contributed by atoms with Crippen LogP contribution in [0.5, 0.6) is 0 Å². The molecule has 1 aromatic carbocycles. The van der Waals surface area contributed by atoms with E-state index in [1.807, 2.05) is 25.1 Å². The standard InChI is InChI=1S/C31H42O5/c1-20(7-6-8-25-18-34-30(33)29-14-22(3)10-12-28(25)29)13-21(2)9-11-27-15-26(32)17-31(36-27)16-23(4)24(5)35-19-31/h6-10,12,14,20,23-24,26-27,32H,11,13,15-19H2,1-5H3/b7-6+,21-9+,25-8+/t20-,23-,24+,26+,27?,31?/m0/s1. The van der Waals surface area contributed by atoms with Crippen LogP contribution in [0.2, 0.25) is 0 Å². The topological polar surface area (TPSA) is 65.0 Å². The number of hydrogen-bond acceptors (Lipinski definition) is 5. The van der Waals surface area contributed by atoms with Crippen molar-refractivity contribution in [2.45, 2.75) is 90.6 Å². The number of allylic oxidation sites excluding steroid dienone is 4.